The second-order valence-electron chi connectivity index (χ2n) is 3.65. The summed E-state index contributed by atoms with van der Waals surface area (Å²) in [7, 11) is 0. The number of imidazole rings is 1. The van der Waals surface area contributed by atoms with Crippen molar-refractivity contribution in [2.24, 2.45) is 0 Å². The van der Waals surface area contributed by atoms with E-state index in [1.165, 1.54) is 0 Å². The van der Waals surface area contributed by atoms with E-state index in [-0.39, 0.29) is 0 Å². The maximum absolute atomic E-state index is 9.04. The number of aromatic nitrogens is 2. The van der Waals surface area contributed by atoms with Crippen molar-refractivity contribution in [3.63, 3.8) is 0 Å². The summed E-state index contributed by atoms with van der Waals surface area (Å²) in [5, 5.41) is 14.3. The zero-order chi connectivity index (χ0) is 11.0. The molecule has 0 bridgehead atoms. The zero-order valence-electron chi connectivity index (χ0n) is 8.60. The first kappa shape index (κ1) is 9.43. The lowest BCUT2D eigenvalue weighted by atomic mass is 10.3. The molecule has 1 aliphatic heterocycles. The Morgan fingerprint density at radius 2 is 2.50 bits per heavy atom. The van der Waals surface area contributed by atoms with Gasteiger partial charge in [-0.1, -0.05) is 6.07 Å². The van der Waals surface area contributed by atoms with Crippen molar-refractivity contribution < 1.29 is 0 Å². The quantitative estimate of drug-likeness (QED) is 0.817. The summed E-state index contributed by atoms with van der Waals surface area (Å²) in [6.45, 7) is 1.86. The maximum atomic E-state index is 9.04. The van der Waals surface area contributed by atoms with Crippen molar-refractivity contribution >= 4 is 17.2 Å². The predicted molar refractivity (Wildman–Crippen MR) is 63.4 cm³/mol. The monoisotopic (exact) mass is 230 g/mol. The van der Waals surface area contributed by atoms with Crippen LogP contribution in [0.5, 0.6) is 0 Å². The molecule has 3 rings (SSSR count). The van der Waals surface area contributed by atoms with Crippen LogP contribution in [-0.4, -0.2) is 16.1 Å². The molecule has 4 nitrogen and oxygen atoms in total. The van der Waals surface area contributed by atoms with Gasteiger partial charge in [0, 0.05) is 13.1 Å². The van der Waals surface area contributed by atoms with Gasteiger partial charge in [0.05, 0.1) is 4.88 Å². The molecule has 0 saturated carbocycles. The highest BCUT2D eigenvalue weighted by Crippen LogP contribution is 2.30. The van der Waals surface area contributed by atoms with Gasteiger partial charge in [-0.2, -0.15) is 5.26 Å². The number of nitrogens with one attached hydrogen (secondary N) is 1. The number of nitrogens with zero attached hydrogens (tertiary/aromatic N) is 3. The number of rotatable bonds is 1. The summed E-state index contributed by atoms with van der Waals surface area (Å²) in [4.78, 5) is 5.52. The van der Waals surface area contributed by atoms with Gasteiger partial charge in [0.25, 0.3) is 0 Å². The Morgan fingerprint density at radius 3 is 3.25 bits per heavy atom. The molecule has 5 heteroatoms. The van der Waals surface area contributed by atoms with Crippen LogP contribution in [0.1, 0.15) is 12.1 Å². The normalized spacial score (nSPS) is 13.9. The van der Waals surface area contributed by atoms with Gasteiger partial charge in [0.2, 0.25) is 0 Å². The summed E-state index contributed by atoms with van der Waals surface area (Å²) < 4.78 is 2.11. The predicted octanol–water partition coefficient (Wildman–Crippen LogP) is 2.30. The standard InChI is InChI=1S/C11H10N4S/c12-7-8-10-13-4-2-5-15(10)11(14-8)9-3-1-6-16-9/h1,3,6,13H,2,4-5H2. The molecule has 0 unspecified atom stereocenters. The van der Waals surface area contributed by atoms with Crippen LogP contribution in [-0.2, 0) is 6.54 Å². The number of thiophene rings is 1. The third kappa shape index (κ3) is 1.31. The molecule has 2 aromatic heterocycles. The fourth-order valence-corrected chi connectivity index (χ4v) is 2.69. The maximum Gasteiger partial charge on any atom is 0.183 e. The highest BCUT2D eigenvalue weighted by Gasteiger charge is 2.20. The second kappa shape index (κ2) is 3.65. The molecular formula is C11H10N4S. The minimum Gasteiger partial charge on any atom is -0.369 e. The minimum absolute atomic E-state index is 0.503. The lowest BCUT2D eigenvalue weighted by Crippen LogP contribution is -2.17. The van der Waals surface area contributed by atoms with Gasteiger partial charge in [-0.05, 0) is 17.9 Å². The fourth-order valence-electron chi connectivity index (χ4n) is 1.97. The molecule has 16 heavy (non-hydrogen) atoms. The zero-order valence-corrected chi connectivity index (χ0v) is 9.42. The van der Waals surface area contributed by atoms with E-state index in [1.807, 2.05) is 17.5 Å². The largest absolute Gasteiger partial charge is 0.369 e. The van der Waals surface area contributed by atoms with Crippen LogP contribution < -0.4 is 5.32 Å². The number of hydrogen-bond acceptors (Lipinski definition) is 4. The smallest absolute Gasteiger partial charge is 0.183 e. The Morgan fingerprint density at radius 1 is 1.56 bits per heavy atom. The van der Waals surface area contributed by atoms with E-state index in [1.54, 1.807) is 11.3 Å². The van der Waals surface area contributed by atoms with Crippen molar-refractivity contribution in [2.45, 2.75) is 13.0 Å². The van der Waals surface area contributed by atoms with E-state index >= 15 is 0 Å². The number of hydrogen-bond donors (Lipinski definition) is 1. The topological polar surface area (TPSA) is 53.6 Å². The van der Waals surface area contributed by atoms with E-state index in [9.17, 15) is 0 Å². The molecule has 80 valence electrons. The van der Waals surface area contributed by atoms with E-state index in [2.05, 4.69) is 20.9 Å². The molecule has 0 saturated heterocycles. The Balaban J connectivity index is 2.20. The Bertz CT molecular complexity index is 547. The van der Waals surface area contributed by atoms with Crippen molar-refractivity contribution in [1.82, 2.24) is 9.55 Å². The first-order valence-electron chi connectivity index (χ1n) is 5.18. The van der Waals surface area contributed by atoms with E-state index in [0.717, 1.165) is 36.0 Å². The van der Waals surface area contributed by atoms with Gasteiger partial charge in [0.1, 0.15) is 11.9 Å². The molecule has 0 atom stereocenters. The molecule has 0 aromatic carbocycles. The summed E-state index contributed by atoms with van der Waals surface area (Å²) in [6, 6.07) is 6.19. The van der Waals surface area contributed by atoms with Crippen LogP contribution in [0.25, 0.3) is 10.7 Å². The minimum atomic E-state index is 0.503. The van der Waals surface area contributed by atoms with Crippen LogP contribution in [0.15, 0.2) is 17.5 Å². The molecule has 3 heterocycles. The molecule has 0 radical (unpaired) electrons. The van der Waals surface area contributed by atoms with Crippen LogP contribution in [0, 0.1) is 11.3 Å². The first-order chi connectivity index (χ1) is 7.90. The van der Waals surface area contributed by atoms with Crippen LogP contribution in [0.2, 0.25) is 0 Å². The van der Waals surface area contributed by atoms with E-state index < -0.39 is 0 Å². The van der Waals surface area contributed by atoms with E-state index in [4.69, 9.17) is 5.26 Å². The molecule has 0 aliphatic carbocycles. The highest BCUT2D eigenvalue weighted by molar-refractivity contribution is 7.13. The van der Waals surface area contributed by atoms with Crippen molar-refractivity contribution in [3.05, 3.63) is 23.2 Å². The van der Waals surface area contributed by atoms with Crippen molar-refractivity contribution in [2.75, 3.05) is 11.9 Å². The highest BCUT2D eigenvalue weighted by atomic mass is 32.1. The van der Waals surface area contributed by atoms with Crippen LogP contribution in [0.3, 0.4) is 0 Å². The molecule has 2 aromatic rings. The third-order valence-electron chi connectivity index (χ3n) is 2.67. The van der Waals surface area contributed by atoms with Gasteiger partial charge in [-0.25, -0.2) is 4.98 Å². The van der Waals surface area contributed by atoms with Gasteiger partial charge < -0.3 is 9.88 Å². The van der Waals surface area contributed by atoms with Gasteiger partial charge >= 0.3 is 0 Å². The van der Waals surface area contributed by atoms with Crippen molar-refractivity contribution in [3.8, 4) is 16.8 Å². The number of nitriles is 1. The third-order valence-corrected chi connectivity index (χ3v) is 3.53. The van der Waals surface area contributed by atoms with Crippen LogP contribution in [0.4, 0.5) is 5.82 Å². The van der Waals surface area contributed by atoms with Crippen LogP contribution >= 0.6 is 11.3 Å². The van der Waals surface area contributed by atoms with E-state index in [0.29, 0.717) is 5.69 Å². The lowest BCUT2D eigenvalue weighted by molar-refractivity contribution is 0.636. The van der Waals surface area contributed by atoms with Gasteiger partial charge in [-0.15, -0.1) is 11.3 Å². The van der Waals surface area contributed by atoms with Gasteiger partial charge in [-0.3, -0.25) is 0 Å². The molecular weight excluding hydrogens is 220 g/mol. The first-order valence-corrected chi connectivity index (χ1v) is 6.06. The molecule has 0 amide bonds. The summed E-state index contributed by atoms with van der Waals surface area (Å²) in [6.07, 6.45) is 1.08. The van der Waals surface area contributed by atoms with Crippen molar-refractivity contribution in [1.29, 1.82) is 5.26 Å². The lowest BCUT2D eigenvalue weighted by Gasteiger charge is -2.17. The van der Waals surface area contributed by atoms with Gasteiger partial charge in [0.15, 0.2) is 11.5 Å². The Labute approximate surface area is 97.2 Å². The number of anilines is 1. The SMILES string of the molecule is N#Cc1nc(-c2cccs2)n2c1NCCC2. The summed E-state index contributed by atoms with van der Waals surface area (Å²) in [5.41, 5.74) is 0.503. The Hall–Kier alpha value is -1.80. The fraction of sp³-hybridized carbons (Fsp3) is 0.273. The average molecular weight is 230 g/mol. The Kier molecular flexibility index (Phi) is 2.15. The molecule has 1 aliphatic rings. The average Bonchev–Trinajstić information content (AvgIpc) is 2.95. The number of fused-ring (bicyclic) bond motifs is 1. The second-order valence-corrected chi connectivity index (χ2v) is 4.60. The molecule has 0 fully saturated rings. The summed E-state index contributed by atoms with van der Waals surface area (Å²) in [5.74, 6) is 1.78. The molecule has 1 N–H and O–H groups in total. The summed E-state index contributed by atoms with van der Waals surface area (Å²) >= 11 is 1.65. The molecule has 0 spiro atoms.